The van der Waals surface area contributed by atoms with Crippen LogP contribution in [0, 0.1) is 40.4 Å². The molecule has 0 bridgehead atoms. The third-order valence-electron chi connectivity index (χ3n) is 9.73. The van der Waals surface area contributed by atoms with E-state index in [1.54, 1.807) is 5.57 Å². The summed E-state index contributed by atoms with van der Waals surface area (Å²) >= 11 is 0. The molecule has 158 valence electrons. The Morgan fingerprint density at radius 1 is 1.00 bits per heavy atom. The van der Waals surface area contributed by atoms with Gasteiger partial charge in [0, 0.05) is 0 Å². The third kappa shape index (κ3) is 3.34. The second kappa shape index (κ2) is 7.60. The van der Waals surface area contributed by atoms with Crippen LogP contribution in [0.3, 0.4) is 0 Å². The van der Waals surface area contributed by atoms with Gasteiger partial charge in [-0.3, -0.25) is 0 Å². The molecule has 4 aliphatic carbocycles. The van der Waals surface area contributed by atoms with Gasteiger partial charge < -0.3 is 5.11 Å². The lowest BCUT2D eigenvalue weighted by molar-refractivity contribution is 0.0415. The van der Waals surface area contributed by atoms with E-state index in [1.807, 2.05) is 5.57 Å². The Morgan fingerprint density at radius 3 is 2.54 bits per heavy atom. The van der Waals surface area contributed by atoms with Crippen LogP contribution < -0.4 is 0 Å². The molecule has 4 rings (SSSR count). The van der Waals surface area contributed by atoms with Crippen molar-refractivity contribution in [2.45, 2.75) is 105 Å². The van der Waals surface area contributed by atoms with Gasteiger partial charge in [-0.25, -0.2) is 0 Å². The maximum absolute atomic E-state index is 10.2. The van der Waals surface area contributed by atoms with Gasteiger partial charge in [-0.1, -0.05) is 77.2 Å². The summed E-state index contributed by atoms with van der Waals surface area (Å²) in [6, 6.07) is 0. The van der Waals surface area contributed by atoms with Crippen LogP contribution in [0.5, 0.6) is 0 Å². The van der Waals surface area contributed by atoms with Crippen molar-refractivity contribution < 1.29 is 5.11 Å². The van der Waals surface area contributed by atoms with Crippen molar-refractivity contribution in [1.29, 1.82) is 0 Å². The number of hydrogen-bond donors (Lipinski definition) is 1. The zero-order chi connectivity index (χ0) is 20.1. The molecule has 0 saturated heterocycles. The second-order valence-corrected chi connectivity index (χ2v) is 11.8. The van der Waals surface area contributed by atoms with E-state index in [4.69, 9.17) is 0 Å². The van der Waals surface area contributed by atoms with E-state index >= 15 is 0 Å². The monoisotopic (exact) mass is 384 g/mol. The smallest absolute Gasteiger partial charge is 0.0724 e. The molecule has 1 heteroatoms. The summed E-state index contributed by atoms with van der Waals surface area (Å²) < 4.78 is 0. The standard InChI is InChI=1S/C27H44O/c1-18(2)7-6-8-19(3)23-11-12-24-22-10-9-20-17-21(28)13-15-26(20,4)25(22)14-16-27(23,24)5/h10,17-19,21,23-25,28H,6-9,11-16H2,1-5H3/t19?,21?,23-,24?,25?,26+,27-/m1/s1. The van der Waals surface area contributed by atoms with Gasteiger partial charge in [0.05, 0.1) is 6.10 Å². The molecule has 0 radical (unpaired) electrons. The predicted octanol–water partition coefficient (Wildman–Crippen LogP) is 7.31. The first-order chi connectivity index (χ1) is 13.3. The first kappa shape index (κ1) is 20.7. The minimum absolute atomic E-state index is 0.200. The molecular formula is C27H44O. The van der Waals surface area contributed by atoms with E-state index in [0.717, 1.165) is 42.4 Å². The topological polar surface area (TPSA) is 20.2 Å². The lowest BCUT2D eigenvalue weighted by atomic mass is 9.49. The highest BCUT2D eigenvalue weighted by Gasteiger charge is 2.56. The normalized spacial score (nSPS) is 43.7. The predicted molar refractivity (Wildman–Crippen MR) is 119 cm³/mol. The molecule has 7 atom stereocenters. The van der Waals surface area contributed by atoms with Crippen LogP contribution in [-0.4, -0.2) is 11.2 Å². The highest BCUT2D eigenvalue weighted by atomic mass is 16.3. The number of aliphatic hydroxyl groups excluding tert-OH is 1. The summed E-state index contributed by atoms with van der Waals surface area (Å²) in [6.07, 6.45) is 17.8. The average Bonchev–Trinajstić information content (AvgIpc) is 2.99. The Hall–Kier alpha value is -0.560. The van der Waals surface area contributed by atoms with Crippen molar-refractivity contribution >= 4 is 0 Å². The van der Waals surface area contributed by atoms with Crippen LogP contribution >= 0.6 is 0 Å². The van der Waals surface area contributed by atoms with Gasteiger partial charge in [0.2, 0.25) is 0 Å². The maximum Gasteiger partial charge on any atom is 0.0724 e. The molecule has 0 aromatic rings. The van der Waals surface area contributed by atoms with Crippen molar-refractivity contribution in [2.75, 3.05) is 0 Å². The Bertz CT molecular complexity index is 643. The molecular weight excluding hydrogens is 340 g/mol. The summed E-state index contributed by atoms with van der Waals surface area (Å²) in [5.74, 6) is 4.22. The fourth-order valence-corrected chi connectivity index (χ4v) is 8.03. The Morgan fingerprint density at radius 2 is 1.79 bits per heavy atom. The SMILES string of the molecule is CC(C)CCCC(C)[C@H]1CCC2C3=CCC4=CC(O)CC[C@]4(C)C3CC[C@@]21C. The summed E-state index contributed by atoms with van der Waals surface area (Å²) in [5, 5.41) is 10.2. The van der Waals surface area contributed by atoms with Crippen molar-refractivity contribution in [3.8, 4) is 0 Å². The lowest BCUT2D eigenvalue weighted by Crippen LogP contribution is -2.46. The van der Waals surface area contributed by atoms with Crippen LogP contribution in [0.4, 0.5) is 0 Å². The number of allylic oxidation sites excluding steroid dienone is 3. The minimum Gasteiger partial charge on any atom is -0.389 e. The van der Waals surface area contributed by atoms with Gasteiger partial charge in [-0.05, 0) is 85.4 Å². The number of fused-ring (bicyclic) bond motifs is 5. The zero-order valence-corrected chi connectivity index (χ0v) is 19.1. The van der Waals surface area contributed by atoms with Crippen molar-refractivity contribution in [2.24, 2.45) is 40.4 Å². The van der Waals surface area contributed by atoms with E-state index in [-0.39, 0.29) is 6.10 Å². The van der Waals surface area contributed by atoms with E-state index in [2.05, 4.69) is 46.8 Å². The second-order valence-electron chi connectivity index (χ2n) is 11.8. The van der Waals surface area contributed by atoms with E-state index < -0.39 is 0 Å². The van der Waals surface area contributed by atoms with Crippen LogP contribution in [0.1, 0.15) is 98.8 Å². The molecule has 1 nitrogen and oxygen atoms in total. The van der Waals surface area contributed by atoms with Crippen LogP contribution in [0.2, 0.25) is 0 Å². The summed E-state index contributed by atoms with van der Waals surface area (Å²) in [6.45, 7) is 12.5. The van der Waals surface area contributed by atoms with Gasteiger partial charge in [-0.15, -0.1) is 0 Å². The van der Waals surface area contributed by atoms with Gasteiger partial charge in [-0.2, -0.15) is 0 Å². The van der Waals surface area contributed by atoms with Crippen molar-refractivity contribution in [3.63, 3.8) is 0 Å². The summed E-state index contributed by atoms with van der Waals surface area (Å²) in [7, 11) is 0. The summed E-state index contributed by atoms with van der Waals surface area (Å²) in [4.78, 5) is 0. The van der Waals surface area contributed by atoms with Gasteiger partial charge >= 0.3 is 0 Å². The van der Waals surface area contributed by atoms with Crippen LogP contribution in [0.25, 0.3) is 0 Å². The van der Waals surface area contributed by atoms with Crippen molar-refractivity contribution in [1.82, 2.24) is 0 Å². The highest BCUT2D eigenvalue weighted by Crippen LogP contribution is 2.66. The number of hydrogen-bond acceptors (Lipinski definition) is 1. The molecule has 0 spiro atoms. The Labute approximate surface area is 174 Å². The molecule has 2 saturated carbocycles. The quantitative estimate of drug-likeness (QED) is 0.493. The van der Waals surface area contributed by atoms with Crippen molar-refractivity contribution in [3.05, 3.63) is 23.3 Å². The molecule has 0 aromatic carbocycles. The molecule has 0 aromatic heterocycles. The maximum atomic E-state index is 10.2. The third-order valence-corrected chi connectivity index (χ3v) is 9.73. The van der Waals surface area contributed by atoms with Gasteiger partial charge in [0.15, 0.2) is 0 Å². The molecule has 0 aliphatic heterocycles. The van der Waals surface area contributed by atoms with E-state index in [9.17, 15) is 5.11 Å². The minimum atomic E-state index is -0.200. The molecule has 2 fully saturated rings. The highest BCUT2D eigenvalue weighted by molar-refractivity contribution is 5.36. The van der Waals surface area contributed by atoms with E-state index in [1.165, 1.54) is 51.4 Å². The Balaban J connectivity index is 1.53. The van der Waals surface area contributed by atoms with Crippen LogP contribution in [0.15, 0.2) is 23.3 Å². The first-order valence-electron chi connectivity index (χ1n) is 12.3. The van der Waals surface area contributed by atoms with E-state index in [0.29, 0.717) is 10.8 Å². The fraction of sp³-hybridized carbons (Fsp3) is 0.852. The zero-order valence-electron chi connectivity index (χ0n) is 19.1. The van der Waals surface area contributed by atoms with Gasteiger partial charge in [0.1, 0.15) is 0 Å². The molecule has 1 N–H and O–H groups in total. The van der Waals surface area contributed by atoms with Crippen LogP contribution in [-0.2, 0) is 0 Å². The molecule has 0 amide bonds. The number of aliphatic hydroxyl groups is 1. The summed E-state index contributed by atoms with van der Waals surface area (Å²) in [5.41, 5.74) is 4.23. The lowest BCUT2D eigenvalue weighted by Gasteiger charge is -2.55. The van der Waals surface area contributed by atoms with Gasteiger partial charge in [0.25, 0.3) is 0 Å². The Kier molecular flexibility index (Phi) is 5.62. The molecule has 4 aliphatic rings. The molecule has 0 heterocycles. The largest absolute Gasteiger partial charge is 0.389 e. The number of rotatable bonds is 5. The first-order valence-corrected chi connectivity index (χ1v) is 12.3. The molecule has 4 unspecified atom stereocenters. The molecule has 28 heavy (non-hydrogen) atoms. The average molecular weight is 385 g/mol. The fourth-order valence-electron chi connectivity index (χ4n) is 8.03.